The van der Waals surface area contributed by atoms with Crippen molar-refractivity contribution in [3.63, 3.8) is 0 Å². The lowest BCUT2D eigenvalue weighted by Crippen LogP contribution is -2.53. The fraction of sp³-hybridized carbons (Fsp3) is 1.00. The maximum absolute atomic E-state index is 5.46. The number of piperazine rings is 1. The Hall–Kier alpha value is -0.120. The third-order valence-electron chi connectivity index (χ3n) is 4.13. The van der Waals surface area contributed by atoms with Gasteiger partial charge in [0.05, 0.1) is 6.10 Å². The van der Waals surface area contributed by atoms with Gasteiger partial charge in [0.2, 0.25) is 0 Å². The molecule has 16 heavy (non-hydrogen) atoms. The average molecular weight is 226 g/mol. The van der Waals surface area contributed by atoms with Gasteiger partial charge in [-0.05, 0) is 25.7 Å². The summed E-state index contributed by atoms with van der Waals surface area (Å²) in [5.41, 5.74) is 0. The molecular formula is C13H26N2O. The highest BCUT2D eigenvalue weighted by Crippen LogP contribution is 2.26. The molecule has 3 nitrogen and oxygen atoms in total. The predicted molar refractivity (Wildman–Crippen MR) is 66.7 cm³/mol. The van der Waals surface area contributed by atoms with E-state index in [0.717, 1.165) is 12.1 Å². The van der Waals surface area contributed by atoms with E-state index in [1.165, 1.54) is 51.7 Å². The number of nitrogens with one attached hydrogen (secondary N) is 1. The van der Waals surface area contributed by atoms with Crippen LogP contribution in [0.15, 0.2) is 0 Å². The number of hydrogen-bond acceptors (Lipinski definition) is 3. The topological polar surface area (TPSA) is 24.5 Å². The van der Waals surface area contributed by atoms with Crippen molar-refractivity contribution in [3.05, 3.63) is 0 Å². The summed E-state index contributed by atoms with van der Waals surface area (Å²) in [5, 5.41) is 3.63. The minimum absolute atomic E-state index is 0.518. The molecule has 1 N–H and O–H groups in total. The lowest BCUT2D eigenvalue weighted by molar-refractivity contribution is 0.0886. The molecule has 0 aromatic carbocycles. The predicted octanol–water partition coefficient (Wildman–Crippen LogP) is 1.63. The summed E-state index contributed by atoms with van der Waals surface area (Å²) in [4.78, 5) is 2.69. The van der Waals surface area contributed by atoms with Crippen molar-refractivity contribution in [2.24, 2.45) is 0 Å². The highest BCUT2D eigenvalue weighted by molar-refractivity contribution is 4.88. The highest BCUT2D eigenvalue weighted by Gasteiger charge is 2.31. The van der Waals surface area contributed by atoms with Gasteiger partial charge >= 0.3 is 0 Å². The fourth-order valence-corrected chi connectivity index (χ4v) is 3.19. The molecule has 3 unspecified atom stereocenters. The number of nitrogens with zero attached hydrogens (tertiary/aromatic N) is 1. The fourth-order valence-electron chi connectivity index (χ4n) is 3.19. The van der Waals surface area contributed by atoms with Crippen molar-refractivity contribution < 1.29 is 4.74 Å². The van der Waals surface area contributed by atoms with Crippen LogP contribution in [0, 0.1) is 0 Å². The molecule has 1 aliphatic carbocycles. The summed E-state index contributed by atoms with van der Waals surface area (Å²) >= 11 is 0. The summed E-state index contributed by atoms with van der Waals surface area (Å²) in [5.74, 6) is 0. The molecule has 0 amide bonds. The van der Waals surface area contributed by atoms with E-state index >= 15 is 0 Å². The molecule has 3 atom stereocenters. The lowest BCUT2D eigenvalue weighted by atomic mass is 10.1. The largest absolute Gasteiger partial charge is 0.381 e. The molecule has 1 heterocycles. The number of ether oxygens (including phenoxy) is 1. The van der Waals surface area contributed by atoms with E-state index in [9.17, 15) is 0 Å². The van der Waals surface area contributed by atoms with Crippen molar-refractivity contribution in [1.82, 2.24) is 10.2 Å². The Morgan fingerprint density at radius 1 is 1.38 bits per heavy atom. The Balaban J connectivity index is 1.80. The first-order chi connectivity index (χ1) is 7.83. The van der Waals surface area contributed by atoms with Gasteiger partial charge in [-0.25, -0.2) is 0 Å². The third kappa shape index (κ3) is 2.96. The van der Waals surface area contributed by atoms with Crippen molar-refractivity contribution in [1.29, 1.82) is 0 Å². The SMILES string of the molecule is CCCC1CN(C2CCC(OC)C2)CCN1. The zero-order valence-electron chi connectivity index (χ0n) is 10.7. The molecule has 1 saturated heterocycles. The molecule has 1 aliphatic heterocycles. The quantitative estimate of drug-likeness (QED) is 0.788. The number of methoxy groups -OCH3 is 1. The molecule has 2 rings (SSSR count). The van der Waals surface area contributed by atoms with Crippen molar-refractivity contribution in [2.75, 3.05) is 26.7 Å². The lowest BCUT2D eigenvalue weighted by Gasteiger charge is -2.37. The van der Waals surface area contributed by atoms with Crippen molar-refractivity contribution in [2.45, 2.75) is 57.2 Å². The summed E-state index contributed by atoms with van der Waals surface area (Å²) in [6.07, 6.45) is 6.95. The van der Waals surface area contributed by atoms with Crippen LogP contribution >= 0.6 is 0 Å². The monoisotopic (exact) mass is 226 g/mol. The van der Waals surface area contributed by atoms with E-state index in [2.05, 4.69) is 17.1 Å². The van der Waals surface area contributed by atoms with Crippen LogP contribution in [0.5, 0.6) is 0 Å². The van der Waals surface area contributed by atoms with E-state index in [1.54, 1.807) is 0 Å². The van der Waals surface area contributed by atoms with Crippen LogP contribution in [0.3, 0.4) is 0 Å². The first-order valence-corrected chi connectivity index (χ1v) is 6.83. The average Bonchev–Trinajstić information content (AvgIpc) is 2.78. The van der Waals surface area contributed by atoms with Crippen molar-refractivity contribution in [3.8, 4) is 0 Å². The van der Waals surface area contributed by atoms with Crippen LogP contribution in [0.25, 0.3) is 0 Å². The smallest absolute Gasteiger partial charge is 0.0586 e. The molecule has 1 saturated carbocycles. The second kappa shape index (κ2) is 5.99. The Bertz CT molecular complexity index is 208. The minimum atomic E-state index is 0.518. The first kappa shape index (κ1) is 12.3. The molecule has 94 valence electrons. The summed E-state index contributed by atoms with van der Waals surface area (Å²) < 4.78 is 5.46. The van der Waals surface area contributed by atoms with E-state index in [1.807, 2.05) is 7.11 Å². The van der Waals surface area contributed by atoms with Crippen LogP contribution in [-0.4, -0.2) is 49.8 Å². The summed E-state index contributed by atoms with van der Waals surface area (Å²) in [6, 6.07) is 1.51. The van der Waals surface area contributed by atoms with Crippen LogP contribution in [0.2, 0.25) is 0 Å². The zero-order valence-corrected chi connectivity index (χ0v) is 10.7. The summed E-state index contributed by atoms with van der Waals surface area (Å²) in [6.45, 7) is 5.91. The second-order valence-electron chi connectivity index (χ2n) is 5.26. The van der Waals surface area contributed by atoms with E-state index < -0.39 is 0 Å². The molecular weight excluding hydrogens is 200 g/mol. The Morgan fingerprint density at radius 3 is 2.94 bits per heavy atom. The number of rotatable bonds is 4. The third-order valence-corrected chi connectivity index (χ3v) is 4.13. The van der Waals surface area contributed by atoms with Gasteiger partial charge in [-0.2, -0.15) is 0 Å². The normalized spacial score (nSPS) is 36.8. The van der Waals surface area contributed by atoms with Crippen LogP contribution < -0.4 is 5.32 Å². The molecule has 2 aliphatic rings. The molecule has 0 aromatic rings. The highest BCUT2D eigenvalue weighted by atomic mass is 16.5. The Kier molecular flexibility index (Phi) is 4.62. The molecule has 3 heteroatoms. The van der Waals surface area contributed by atoms with E-state index in [4.69, 9.17) is 4.74 Å². The molecule has 0 aromatic heterocycles. The maximum atomic E-state index is 5.46. The summed E-state index contributed by atoms with van der Waals surface area (Å²) in [7, 11) is 1.85. The standard InChI is InChI=1S/C13H26N2O/c1-3-4-11-10-15(8-7-14-11)12-5-6-13(9-12)16-2/h11-14H,3-10H2,1-2H3. The molecule has 0 radical (unpaired) electrons. The zero-order chi connectivity index (χ0) is 11.4. The van der Waals surface area contributed by atoms with Gasteiger partial charge in [0.1, 0.15) is 0 Å². The molecule has 2 fully saturated rings. The van der Waals surface area contributed by atoms with Gasteiger partial charge in [0, 0.05) is 38.8 Å². The van der Waals surface area contributed by atoms with Gasteiger partial charge in [0.25, 0.3) is 0 Å². The maximum Gasteiger partial charge on any atom is 0.0586 e. The Labute approximate surface area is 99.5 Å². The minimum Gasteiger partial charge on any atom is -0.381 e. The molecule has 0 bridgehead atoms. The molecule has 0 spiro atoms. The van der Waals surface area contributed by atoms with Gasteiger partial charge in [-0.3, -0.25) is 4.90 Å². The van der Waals surface area contributed by atoms with Crippen LogP contribution in [0.4, 0.5) is 0 Å². The van der Waals surface area contributed by atoms with E-state index in [0.29, 0.717) is 6.10 Å². The number of hydrogen-bond donors (Lipinski definition) is 1. The van der Waals surface area contributed by atoms with Gasteiger partial charge in [0.15, 0.2) is 0 Å². The first-order valence-electron chi connectivity index (χ1n) is 6.83. The van der Waals surface area contributed by atoms with E-state index in [-0.39, 0.29) is 0 Å². The van der Waals surface area contributed by atoms with Gasteiger partial charge < -0.3 is 10.1 Å². The van der Waals surface area contributed by atoms with Crippen LogP contribution in [-0.2, 0) is 4.74 Å². The van der Waals surface area contributed by atoms with Gasteiger partial charge in [-0.1, -0.05) is 13.3 Å². The second-order valence-corrected chi connectivity index (χ2v) is 5.26. The van der Waals surface area contributed by atoms with Crippen molar-refractivity contribution >= 4 is 0 Å². The van der Waals surface area contributed by atoms with Crippen LogP contribution in [0.1, 0.15) is 39.0 Å². The van der Waals surface area contributed by atoms with Gasteiger partial charge in [-0.15, -0.1) is 0 Å². The Morgan fingerprint density at radius 2 is 2.25 bits per heavy atom.